The Morgan fingerprint density at radius 3 is 2.00 bits per heavy atom. The van der Waals surface area contributed by atoms with Crippen LogP contribution in [0, 0.1) is 0 Å². The van der Waals surface area contributed by atoms with Gasteiger partial charge in [0.1, 0.15) is 0 Å². The maximum atomic E-state index is 5.89. The molecule has 16 heavy (non-hydrogen) atoms. The van der Waals surface area contributed by atoms with Crippen molar-refractivity contribution in [3.05, 3.63) is 0 Å². The maximum Gasteiger partial charge on any atom is 0.0704 e. The SMILES string of the molecule is COCCOC1CC(C)(C)N(C)C(C)(C)C1. The highest BCUT2D eigenvalue weighted by Gasteiger charge is 2.43. The summed E-state index contributed by atoms with van der Waals surface area (Å²) in [5.74, 6) is 0. The number of ether oxygens (including phenoxy) is 2. The molecule has 0 atom stereocenters. The Balaban J connectivity index is 2.57. The van der Waals surface area contributed by atoms with Gasteiger partial charge >= 0.3 is 0 Å². The molecule has 0 aromatic heterocycles. The topological polar surface area (TPSA) is 21.7 Å². The third-order valence-electron chi connectivity index (χ3n) is 3.91. The molecule has 1 heterocycles. The molecule has 0 amide bonds. The van der Waals surface area contributed by atoms with E-state index in [0.717, 1.165) is 12.8 Å². The van der Waals surface area contributed by atoms with Gasteiger partial charge in [-0.25, -0.2) is 0 Å². The van der Waals surface area contributed by atoms with Crippen molar-refractivity contribution in [2.45, 2.75) is 57.7 Å². The van der Waals surface area contributed by atoms with Crippen molar-refractivity contribution in [2.75, 3.05) is 27.4 Å². The Morgan fingerprint density at radius 2 is 1.56 bits per heavy atom. The van der Waals surface area contributed by atoms with Crippen LogP contribution >= 0.6 is 0 Å². The molecule has 1 aliphatic heterocycles. The van der Waals surface area contributed by atoms with E-state index >= 15 is 0 Å². The second-order valence-electron chi connectivity index (χ2n) is 6.08. The van der Waals surface area contributed by atoms with Crippen molar-refractivity contribution in [2.24, 2.45) is 0 Å². The van der Waals surface area contributed by atoms with E-state index < -0.39 is 0 Å². The van der Waals surface area contributed by atoms with Gasteiger partial charge in [-0.2, -0.15) is 0 Å². The summed E-state index contributed by atoms with van der Waals surface area (Å²) in [5.41, 5.74) is 0.416. The lowest BCUT2D eigenvalue weighted by Crippen LogP contribution is -2.60. The van der Waals surface area contributed by atoms with E-state index in [0.29, 0.717) is 19.3 Å². The quantitative estimate of drug-likeness (QED) is 0.690. The maximum absolute atomic E-state index is 5.89. The summed E-state index contributed by atoms with van der Waals surface area (Å²) in [6.45, 7) is 10.6. The minimum Gasteiger partial charge on any atom is -0.382 e. The minimum absolute atomic E-state index is 0.208. The lowest BCUT2D eigenvalue weighted by molar-refractivity contribution is -0.0975. The number of piperidine rings is 1. The largest absolute Gasteiger partial charge is 0.382 e. The van der Waals surface area contributed by atoms with Crippen LogP contribution in [-0.2, 0) is 9.47 Å². The summed E-state index contributed by atoms with van der Waals surface area (Å²) >= 11 is 0. The van der Waals surface area contributed by atoms with Crippen LogP contribution in [0.1, 0.15) is 40.5 Å². The van der Waals surface area contributed by atoms with Gasteiger partial charge in [0, 0.05) is 18.2 Å². The van der Waals surface area contributed by atoms with Crippen LogP contribution in [-0.4, -0.2) is 49.5 Å². The zero-order chi connectivity index (χ0) is 12.4. The Hall–Kier alpha value is -0.120. The Bertz CT molecular complexity index is 208. The zero-order valence-electron chi connectivity index (χ0n) is 11.7. The average Bonchev–Trinajstić information content (AvgIpc) is 2.14. The lowest BCUT2D eigenvalue weighted by atomic mass is 9.79. The van der Waals surface area contributed by atoms with Crippen LogP contribution in [0.5, 0.6) is 0 Å². The molecule has 3 heteroatoms. The van der Waals surface area contributed by atoms with E-state index in [1.54, 1.807) is 7.11 Å². The van der Waals surface area contributed by atoms with Gasteiger partial charge in [-0.05, 0) is 47.6 Å². The van der Waals surface area contributed by atoms with Crippen LogP contribution in [0.4, 0.5) is 0 Å². The summed E-state index contributed by atoms with van der Waals surface area (Å²) < 4.78 is 10.9. The Morgan fingerprint density at radius 1 is 1.06 bits per heavy atom. The van der Waals surface area contributed by atoms with Crippen LogP contribution < -0.4 is 0 Å². The second-order valence-corrected chi connectivity index (χ2v) is 6.08. The minimum atomic E-state index is 0.208. The molecule has 0 aliphatic carbocycles. The van der Waals surface area contributed by atoms with E-state index in [1.165, 1.54) is 0 Å². The molecule has 1 aliphatic rings. The van der Waals surface area contributed by atoms with Crippen LogP contribution in [0.15, 0.2) is 0 Å². The van der Waals surface area contributed by atoms with Crippen LogP contribution in [0.2, 0.25) is 0 Å². The highest BCUT2D eigenvalue weighted by molar-refractivity contribution is 4.98. The van der Waals surface area contributed by atoms with E-state index in [1.807, 2.05) is 0 Å². The molecule has 0 unspecified atom stereocenters. The van der Waals surface area contributed by atoms with Crippen LogP contribution in [0.3, 0.4) is 0 Å². The molecule has 0 spiro atoms. The van der Waals surface area contributed by atoms with Crippen LogP contribution in [0.25, 0.3) is 0 Å². The smallest absolute Gasteiger partial charge is 0.0704 e. The fourth-order valence-corrected chi connectivity index (χ4v) is 2.70. The highest BCUT2D eigenvalue weighted by Crippen LogP contribution is 2.37. The number of rotatable bonds is 4. The molecular weight excluding hydrogens is 202 g/mol. The van der Waals surface area contributed by atoms with E-state index in [9.17, 15) is 0 Å². The van der Waals surface area contributed by atoms with Crippen molar-refractivity contribution in [1.82, 2.24) is 4.90 Å². The number of methoxy groups -OCH3 is 1. The third-order valence-corrected chi connectivity index (χ3v) is 3.91. The molecule has 1 rings (SSSR count). The van der Waals surface area contributed by atoms with E-state index in [2.05, 4.69) is 39.6 Å². The fourth-order valence-electron chi connectivity index (χ4n) is 2.70. The number of hydrogen-bond donors (Lipinski definition) is 0. The first-order chi connectivity index (χ1) is 7.29. The van der Waals surface area contributed by atoms with Crippen molar-refractivity contribution >= 4 is 0 Å². The predicted molar refractivity (Wildman–Crippen MR) is 66.8 cm³/mol. The molecule has 1 saturated heterocycles. The summed E-state index contributed by atoms with van der Waals surface area (Å²) in [5, 5.41) is 0. The molecule has 3 nitrogen and oxygen atoms in total. The van der Waals surface area contributed by atoms with Gasteiger partial charge in [0.05, 0.1) is 19.3 Å². The molecule has 0 radical (unpaired) electrons. The number of hydrogen-bond acceptors (Lipinski definition) is 3. The zero-order valence-corrected chi connectivity index (χ0v) is 11.7. The van der Waals surface area contributed by atoms with Gasteiger partial charge in [-0.3, -0.25) is 4.90 Å². The normalized spacial score (nSPS) is 25.9. The highest BCUT2D eigenvalue weighted by atomic mass is 16.5. The van der Waals surface area contributed by atoms with Gasteiger partial charge in [0.15, 0.2) is 0 Å². The average molecular weight is 229 g/mol. The second kappa shape index (κ2) is 5.03. The Labute approximate surface area is 100 Å². The standard InChI is InChI=1S/C13H27NO2/c1-12(2)9-11(16-8-7-15-6)10-13(3,4)14(12)5/h11H,7-10H2,1-6H3. The molecule has 0 bridgehead atoms. The molecule has 0 aromatic rings. The lowest BCUT2D eigenvalue weighted by Gasteiger charge is -2.53. The van der Waals surface area contributed by atoms with Crippen molar-refractivity contribution in [3.8, 4) is 0 Å². The van der Waals surface area contributed by atoms with Gasteiger partial charge in [-0.15, -0.1) is 0 Å². The first-order valence-corrected chi connectivity index (χ1v) is 6.14. The summed E-state index contributed by atoms with van der Waals surface area (Å²) in [6, 6.07) is 0. The first-order valence-electron chi connectivity index (χ1n) is 6.14. The van der Waals surface area contributed by atoms with Crippen molar-refractivity contribution < 1.29 is 9.47 Å². The molecule has 1 fully saturated rings. The summed E-state index contributed by atoms with van der Waals surface area (Å²) in [6.07, 6.45) is 2.55. The third kappa shape index (κ3) is 3.19. The summed E-state index contributed by atoms with van der Waals surface area (Å²) in [7, 11) is 3.93. The molecule has 0 aromatic carbocycles. The van der Waals surface area contributed by atoms with Crippen molar-refractivity contribution in [1.29, 1.82) is 0 Å². The van der Waals surface area contributed by atoms with Gasteiger partial charge < -0.3 is 9.47 Å². The molecule has 96 valence electrons. The number of likely N-dealkylation sites (tertiary alicyclic amines) is 1. The molecule has 0 saturated carbocycles. The first kappa shape index (κ1) is 13.9. The predicted octanol–water partition coefficient (Wildman–Crippen LogP) is 2.30. The van der Waals surface area contributed by atoms with E-state index in [4.69, 9.17) is 9.47 Å². The van der Waals surface area contributed by atoms with Gasteiger partial charge in [0.2, 0.25) is 0 Å². The fraction of sp³-hybridized carbons (Fsp3) is 1.00. The van der Waals surface area contributed by atoms with E-state index in [-0.39, 0.29) is 11.1 Å². The molecular formula is C13H27NO2. The van der Waals surface area contributed by atoms with Crippen molar-refractivity contribution in [3.63, 3.8) is 0 Å². The van der Waals surface area contributed by atoms with Gasteiger partial charge in [0.25, 0.3) is 0 Å². The Kier molecular flexibility index (Phi) is 4.38. The monoisotopic (exact) mass is 229 g/mol. The number of nitrogens with zero attached hydrogens (tertiary/aromatic N) is 1. The van der Waals surface area contributed by atoms with Gasteiger partial charge in [-0.1, -0.05) is 0 Å². The summed E-state index contributed by atoms with van der Waals surface area (Å²) in [4.78, 5) is 2.47. The molecule has 0 N–H and O–H groups in total.